The van der Waals surface area contributed by atoms with Crippen molar-refractivity contribution in [2.24, 2.45) is 5.92 Å². The number of hydrogen-bond donors (Lipinski definition) is 0. The summed E-state index contributed by atoms with van der Waals surface area (Å²) in [6, 6.07) is 20.4. The standard InChI is InChI=1S/C27H28.Zr/c1-19-13-25-16-21(15-20-7-3-2-4-8-20)17-27(25)26(14-19)24-12-11-22-9-5-6-10-23(22)18-24;/h5-6,9-14,17-18,20H,2-4,7-8,15-16H2,1H3;. The van der Waals surface area contributed by atoms with Crippen LogP contribution in [0, 0.1) is 12.8 Å². The number of rotatable bonds is 3. The third-order valence-electron chi connectivity index (χ3n) is 6.51. The van der Waals surface area contributed by atoms with E-state index in [1.165, 1.54) is 77.1 Å². The van der Waals surface area contributed by atoms with E-state index >= 15 is 0 Å². The van der Waals surface area contributed by atoms with Gasteiger partial charge in [0.2, 0.25) is 0 Å². The molecule has 0 atom stereocenters. The largest absolute Gasteiger partial charge is 0.0649 e. The molecule has 3 aromatic rings. The smallest absolute Gasteiger partial charge is 0 e. The molecule has 28 heavy (non-hydrogen) atoms. The van der Waals surface area contributed by atoms with Crippen LogP contribution in [-0.4, -0.2) is 0 Å². The second-order valence-electron chi connectivity index (χ2n) is 8.63. The maximum Gasteiger partial charge on any atom is 0 e. The number of hydrogen-bond acceptors (Lipinski definition) is 0. The summed E-state index contributed by atoms with van der Waals surface area (Å²) in [4.78, 5) is 0. The first-order chi connectivity index (χ1) is 13.3. The molecule has 0 heterocycles. The Bertz CT molecular complexity index is 1020. The molecule has 0 nitrogen and oxygen atoms in total. The van der Waals surface area contributed by atoms with Crippen molar-refractivity contribution in [3.05, 3.63) is 76.9 Å². The Balaban J connectivity index is 0.00000192. The molecule has 0 aromatic heterocycles. The number of aryl methyl sites for hydroxylation is 1. The number of fused-ring (bicyclic) bond motifs is 2. The van der Waals surface area contributed by atoms with Crippen molar-refractivity contribution in [1.29, 1.82) is 0 Å². The van der Waals surface area contributed by atoms with Gasteiger partial charge in [0.15, 0.2) is 0 Å². The van der Waals surface area contributed by atoms with Crippen LogP contribution in [0.25, 0.3) is 28.0 Å². The third-order valence-corrected chi connectivity index (χ3v) is 6.51. The van der Waals surface area contributed by atoms with Crippen LogP contribution in [0.4, 0.5) is 0 Å². The summed E-state index contributed by atoms with van der Waals surface area (Å²) >= 11 is 0. The zero-order chi connectivity index (χ0) is 18.2. The average molecular weight is 444 g/mol. The Morgan fingerprint density at radius 1 is 0.857 bits per heavy atom. The summed E-state index contributed by atoms with van der Waals surface area (Å²) in [5, 5.41) is 2.65. The van der Waals surface area contributed by atoms with E-state index < -0.39 is 0 Å². The van der Waals surface area contributed by atoms with E-state index in [1.54, 1.807) is 5.57 Å². The third kappa shape index (κ3) is 3.97. The van der Waals surface area contributed by atoms with E-state index in [1.807, 2.05) is 0 Å². The van der Waals surface area contributed by atoms with Crippen LogP contribution in [0.1, 0.15) is 55.2 Å². The van der Waals surface area contributed by atoms with Gasteiger partial charge in [0, 0.05) is 26.2 Å². The summed E-state index contributed by atoms with van der Waals surface area (Å²) < 4.78 is 0. The van der Waals surface area contributed by atoms with Gasteiger partial charge in [-0.15, -0.1) is 0 Å². The van der Waals surface area contributed by atoms with Crippen LogP contribution in [0.15, 0.2) is 60.2 Å². The minimum absolute atomic E-state index is 0. The topological polar surface area (TPSA) is 0 Å². The van der Waals surface area contributed by atoms with E-state index in [2.05, 4.69) is 67.6 Å². The minimum atomic E-state index is 0. The minimum Gasteiger partial charge on any atom is -0.0649 e. The van der Waals surface area contributed by atoms with Crippen molar-refractivity contribution in [1.82, 2.24) is 0 Å². The first-order valence-corrected chi connectivity index (χ1v) is 10.6. The van der Waals surface area contributed by atoms with Crippen molar-refractivity contribution < 1.29 is 26.2 Å². The number of benzene rings is 3. The molecule has 5 rings (SSSR count). The van der Waals surface area contributed by atoms with Crippen molar-refractivity contribution in [2.45, 2.75) is 51.9 Å². The molecule has 3 aromatic carbocycles. The molecule has 0 unspecified atom stereocenters. The molecule has 0 N–H and O–H groups in total. The summed E-state index contributed by atoms with van der Waals surface area (Å²) in [7, 11) is 0. The zero-order valence-corrected chi connectivity index (χ0v) is 19.3. The molecule has 0 bridgehead atoms. The molecule has 0 spiro atoms. The molecular formula is C27H28Zr. The Morgan fingerprint density at radius 2 is 1.64 bits per heavy atom. The van der Waals surface area contributed by atoms with Gasteiger partial charge in [-0.1, -0.05) is 97.8 Å². The molecule has 0 radical (unpaired) electrons. The van der Waals surface area contributed by atoms with Crippen molar-refractivity contribution in [2.75, 3.05) is 0 Å². The molecule has 1 fully saturated rings. The fourth-order valence-electron chi connectivity index (χ4n) is 5.18. The van der Waals surface area contributed by atoms with Gasteiger partial charge in [0.05, 0.1) is 0 Å². The van der Waals surface area contributed by atoms with Gasteiger partial charge in [0.1, 0.15) is 0 Å². The van der Waals surface area contributed by atoms with E-state index in [0.717, 1.165) is 12.3 Å². The predicted octanol–water partition coefficient (Wildman–Crippen LogP) is 7.72. The molecule has 2 aliphatic carbocycles. The molecule has 0 saturated heterocycles. The maximum atomic E-state index is 2.52. The fourth-order valence-corrected chi connectivity index (χ4v) is 5.18. The zero-order valence-electron chi connectivity index (χ0n) is 16.8. The second-order valence-corrected chi connectivity index (χ2v) is 8.63. The maximum absolute atomic E-state index is 2.52. The summed E-state index contributed by atoms with van der Waals surface area (Å²) in [5.41, 5.74) is 8.80. The molecule has 140 valence electrons. The van der Waals surface area contributed by atoms with E-state index in [0.29, 0.717) is 0 Å². The monoisotopic (exact) mass is 442 g/mol. The van der Waals surface area contributed by atoms with Crippen LogP contribution < -0.4 is 0 Å². The fraction of sp³-hybridized carbons (Fsp3) is 0.333. The Kier molecular flexibility index (Phi) is 6.02. The predicted molar refractivity (Wildman–Crippen MR) is 117 cm³/mol. The molecule has 0 aliphatic heterocycles. The quantitative estimate of drug-likeness (QED) is 0.388. The summed E-state index contributed by atoms with van der Waals surface area (Å²) in [6.45, 7) is 2.24. The average Bonchev–Trinajstić information content (AvgIpc) is 3.09. The van der Waals surface area contributed by atoms with Crippen LogP contribution in [0.5, 0.6) is 0 Å². The van der Waals surface area contributed by atoms with Crippen molar-refractivity contribution in [3.8, 4) is 11.1 Å². The van der Waals surface area contributed by atoms with Crippen LogP contribution in [0.3, 0.4) is 0 Å². The van der Waals surface area contributed by atoms with Gasteiger partial charge < -0.3 is 0 Å². The first kappa shape index (κ1) is 19.8. The number of allylic oxidation sites excluding steroid dienone is 1. The van der Waals surface area contributed by atoms with E-state index in [9.17, 15) is 0 Å². The van der Waals surface area contributed by atoms with Crippen LogP contribution in [0.2, 0.25) is 0 Å². The molecule has 2 aliphatic rings. The van der Waals surface area contributed by atoms with Gasteiger partial charge in [0.25, 0.3) is 0 Å². The molecule has 0 amide bonds. The second kappa shape index (κ2) is 8.50. The van der Waals surface area contributed by atoms with Crippen LogP contribution >= 0.6 is 0 Å². The molecule has 1 saturated carbocycles. The Hall–Kier alpha value is -1.46. The van der Waals surface area contributed by atoms with E-state index in [4.69, 9.17) is 0 Å². The SMILES string of the molecule is Cc1cc2c(c(-c3ccc4ccccc4c3)c1)C=C(CC1CCCCC1)C2.[Zr]. The molecule has 1 heteroatoms. The van der Waals surface area contributed by atoms with Gasteiger partial charge in [-0.3, -0.25) is 0 Å². The van der Waals surface area contributed by atoms with Crippen molar-refractivity contribution >= 4 is 16.8 Å². The normalized spacial score (nSPS) is 16.5. The van der Waals surface area contributed by atoms with Gasteiger partial charge in [-0.2, -0.15) is 0 Å². The Labute approximate surface area is 188 Å². The van der Waals surface area contributed by atoms with Gasteiger partial charge in [-0.05, 0) is 64.8 Å². The summed E-state index contributed by atoms with van der Waals surface area (Å²) in [5.74, 6) is 0.921. The van der Waals surface area contributed by atoms with Crippen molar-refractivity contribution in [3.63, 3.8) is 0 Å². The van der Waals surface area contributed by atoms with Crippen LogP contribution in [-0.2, 0) is 32.6 Å². The first-order valence-electron chi connectivity index (χ1n) is 10.6. The Morgan fingerprint density at radius 3 is 2.46 bits per heavy atom. The summed E-state index contributed by atoms with van der Waals surface area (Å²) in [6.07, 6.45) is 12.2. The van der Waals surface area contributed by atoms with Gasteiger partial charge >= 0.3 is 0 Å². The van der Waals surface area contributed by atoms with E-state index in [-0.39, 0.29) is 26.2 Å². The molecular weight excluding hydrogens is 416 g/mol. The van der Waals surface area contributed by atoms with Gasteiger partial charge in [-0.25, -0.2) is 0 Å².